The third kappa shape index (κ3) is 5.70. The highest BCUT2D eigenvalue weighted by Crippen LogP contribution is 2.22. The van der Waals surface area contributed by atoms with Gasteiger partial charge in [0, 0.05) is 12.6 Å². The van der Waals surface area contributed by atoms with Gasteiger partial charge in [0.15, 0.2) is 0 Å². The van der Waals surface area contributed by atoms with E-state index >= 15 is 0 Å². The first kappa shape index (κ1) is 13.8. The maximum atomic E-state index is 11.9. The van der Waals surface area contributed by atoms with Gasteiger partial charge in [0.2, 0.25) is 0 Å². The molecule has 3 N–H and O–H groups in total. The van der Waals surface area contributed by atoms with E-state index in [1.165, 1.54) is 6.42 Å². The fraction of sp³-hybridized carbons (Fsp3) is 1.00. The van der Waals surface area contributed by atoms with Crippen molar-refractivity contribution >= 4 is 0 Å². The van der Waals surface area contributed by atoms with Gasteiger partial charge in [-0.1, -0.05) is 19.3 Å². The van der Waals surface area contributed by atoms with Gasteiger partial charge in [-0.3, -0.25) is 0 Å². The summed E-state index contributed by atoms with van der Waals surface area (Å²) in [5.74, 6) is 0.343. The molecule has 0 aliphatic heterocycles. The topological polar surface area (TPSA) is 38.0 Å². The summed E-state index contributed by atoms with van der Waals surface area (Å²) in [6.07, 6.45) is 0.742. The van der Waals surface area contributed by atoms with Gasteiger partial charge in [-0.05, 0) is 25.3 Å². The zero-order valence-corrected chi connectivity index (χ0v) is 9.52. The van der Waals surface area contributed by atoms with Crippen LogP contribution in [0.25, 0.3) is 0 Å². The maximum absolute atomic E-state index is 11.9. The van der Waals surface area contributed by atoms with Gasteiger partial charge in [-0.25, -0.2) is 0 Å². The summed E-state index contributed by atoms with van der Waals surface area (Å²) in [7, 11) is 0. The van der Waals surface area contributed by atoms with Crippen LogP contribution in [0.4, 0.5) is 13.2 Å². The number of alkyl halides is 3. The summed E-state index contributed by atoms with van der Waals surface area (Å²) in [4.78, 5) is 0. The predicted molar refractivity (Wildman–Crippen MR) is 58.1 cm³/mol. The van der Waals surface area contributed by atoms with Gasteiger partial charge in [0.1, 0.15) is 0 Å². The van der Waals surface area contributed by atoms with Crippen molar-refractivity contribution in [1.82, 2.24) is 5.32 Å². The second kappa shape index (κ2) is 6.45. The number of nitrogens with two attached hydrogens (primary N) is 1. The van der Waals surface area contributed by atoms with Gasteiger partial charge in [0.05, 0.1) is 6.42 Å². The molecular weight excluding hydrogens is 217 g/mol. The fourth-order valence-corrected chi connectivity index (χ4v) is 2.18. The molecule has 1 aliphatic carbocycles. The highest BCUT2D eigenvalue weighted by molar-refractivity contribution is 4.78. The normalized spacial score (nSPS) is 27.8. The molecule has 0 aromatic rings. The van der Waals surface area contributed by atoms with Gasteiger partial charge >= 0.3 is 6.18 Å². The van der Waals surface area contributed by atoms with Crippen molar-refractivity contribution in [2.75, 3.05) is 13.1 Å². The minimum absolute atomic E-state index is 0.00667. The SMILES string of the molecule is NC1CCCCCC1CNCCC(F)(F)F. The Morgan fingerprint density at radius 1 is 1.12 bits per heavy atom. The van der Waals surface area contributed by atoms with Crippen LogP contribution in [0.5, 0.6) is 0 Å². The van der Waals surface area contributed by atoms with Gasteiger partial charge in [-0.2, -0.15) is 13.2 Å². The highest BCUT2D eigenvalue weighted by atomic mass is 19.4. The Bertz CT molecular complexity index is 194. The molecule has 5 heteroatoms. The molecule has 0 heterocycles. The Balaban J connectivity index is 2.15. The van der Waals surface area contributed by atoms with Gasteiger partial charge in [-0.15, -0.1) is 0 Å². The number of rotatable bonds is 4. The lowest BCUT2D eigenvalue weighted by Crippen LogP contribution is -2.37. The van der Waals surface area contributed by atoms with Crippen molar-refractivity contribution in [2.24, 2.45) is 11.7 Å². The van der Waals surface area contributed by atoms with Crippen LogP contribution in [0.3, 0.4) is 0 Å². The molecule has 96 valence electrons. The molecule has 1 fully saturated rings. The zero-order chi connectivity index (χ0) is 12.0. The number of hydrogen-bond donors (Lipinski definition) is 2. The molecule has 0 saturated heterocycles. The largest absolute Gasteiger partial charge is 0.390 e. The molecule has 0 spiro atoms. The van der Waals surface area contributed by atoms with Crippen molar-refractivity contribution in [3.05, 3.63) is 0 Å². The summed E-state index contributed by atoms with van der Waals surface area (Å²) in [6, 6.07) is 0.154. The average Bonchev–Trinajstić information content (AvgIpc) is 2.37. The molecule has 2 unspecified atom stereocenters. The van der Waals surface area contributed by atoms with Crippen LogP contribution >= 0.6 is 0 Å². The van der Waals surface area contributed by atoms with Crippen molar-refractivity contribution < 1.29 is 13.2 Å². The Morgan fingerprint density at radius 2 is 1.81 bits per heavy atom. The van der Waals surface area contributed by atoms with Crippen molar-refractivity contribution in [1.29, 1.82) is 0 Å². The molecule has 0 radical (unpaired) electrons. The standard InChI is InChI=1S/C11H21F3N2/c12-11(13,14)6-7-16-8-9-4-2-1-3-5-10(9)15/h9-10,16H,1-8,15H2. The second-order valence-electron chi connectivity index (χ2n) is 4.63. The molecule has 0 aromatic heterocycles. The van der Waals surface area contributed by atoms with E-state index in [1.54, 1.807) is 0 Å². The molecule has 0 amide bonds. The van der Waals surface area contributed by atoms with E-state index < -0.39 is 12.6 Å². The minimum atomic E-state index is -4.06. The van der Waals surface area contributed by atoms with E-state index in [1.807, 2.05) is 0 Å². The summed E-state index contributed by atoms with van der Waals surface area (Å²) in [6.45, 7) is 0.629. The lowest BCUT2D eigenvalue weighted by Gasteiger charge is -2.21. The van der Waals surface area contributed by atoms with Crippen LogP contribution in [0, 0.1) is 5.92 Å². The lowest BCUT2D eigenvalue weighted by atomic mass is 9.95. The summed E-state index contributed by atoms with van der Waals surface area (Å²) in [5.41, 5.74) is 5.98. The van der Waals surface area contributed by atoms with E-state index in [9.17, 15) is 13.2 Å². The van der Waals surface area contributed by atoms with E-state index in [-0.39, 0.29) is 12.6 Å². The predicted octanol–water partition coefficient (Wildman–Crippen LogP) is 2.44. The first-order valence-corrected chi connectivity index (χ1v) is 6.02. The summed E-state index contributed by atoms with van der Waals surface area (Å²) >= 11 is 0. The summed E-state index contributed by atoms with van der Waals surface area (Å²) < 4.78 is 35.7. The lowest BCUT2D eigenvalue weighted by molar-refractivity contribution is -0.133. The number of nitrogens with one attached hydrogen (secondary N) is 1. The third-order valence-corrected chi connectivity index (χ3v) is 3.21. The van der Waals surface area contributed by atoms with E-state index in [0.717, 1.165) is 25.7 Å². The Morgan fingerprint density at radius 3 is 2.50 bits per heavy atom. The van der Waals surface area contributed by atoms with Crippen LogP contribution in [-0.4, -0.2) is 25.3 Å². The first-order chi connectivity index (χ1) is 7.49. The van der Waals surface area contributed by atoms with Crippen LogP contribution in [0.2, 0.25) is 0 Å². The Labute approximate surface area is 94.8 Å². The summed E-state index contributed by atoms with van der Waals surface area (Å²) in [5, 5.41) is 2.87. The van der Waals surface area contributed by atoms with Gasteiger partial charge in [0.25, 0.3) is 0 Å². The monoisotopic (exact) mass is 238 g/mol. The van der Waals surface area contributed by atoms with E-state index in [0.29, 0.717) is 12.5 Å². The van der Waals surface area contributed by atoms with E-state index in [2.05, 4.69) is 5.32 Å². The number of hydrogen-bond acceptors (Lipinski definition) is 2. The zero-order valence-electron chi connectivity index (χ0n) is 9.52. The molecule has 2 nitrogen and oxygen atoms in total. The molecule has 0 bridgehead atoms. The van der Waals surface area contributed by atoms with Crippen molar-refractivity contribution in [3.8, 4) is 0 Å². The van der Waals surface area contributed by atoms with Crippen molar-refractivity contribution in [2.45, 2.75) is 50.7 Å². The smallest absolute Gasteiger partial charge is 0.327 e. The van der Waals surface area contributed by atoms with Crippen LogP contribution in [0.1, 0.15) is 38.5 Å². The highest BCUT2D eigenvalue weighted by Gasteiger charge is 2.26. The van der Waals surface area contributed by atoms with Crippen molar-refractivity contribution in [3.63, 3.8) is 0 Å². The molecule has 1 aliphatic rings. The third-order valence-electron chi connectivity index (χ3n) is 3.21. The first-order valence-electron chi connectivity index (χ1n) is 6.02. The van der Waals surface area contributed by atoms with Crippen LogP contribution in [-0.2, 0) is 0 Å². The minimum Gasteiger partial charge on any atom is -0.327 e. The molecule has 2 atom stereocenters. The molecule has 16 heavy (non-hydrogen) atoms. The second-order valence-corrected chi connectivity index (χ2v) is 4.63. The van der Waals surface area contributed by atoms with E-state index in [4.69, 9.17) is 5.73 Å². The Hall–Kier alpha value is -0.290. The molecular formula is C11H21F3N2. The molecule has 1 saturated carbocycles. The Kier molecular flexibility index (Phi) is 5.55. The fourth-order valence-electron chi connectivity index (χ4n) is 2.18. The maximum Gasteiger partial charge on any atom is 0.390 e. The quantitative estimate of drug-likeness (QED) is 0.583. The average molecular weight is 238 g/mol. The van der Waals surface area contributed by atoms with Gasteiger partial charge < -0.3 is 11.1 Å². The molecule has 1 rings (SSSR count). The van der Waals surface area contributed by atoms with Crippen LogP contribution in [0.15, 0.2) is 0 Å². The number of halogens is 3. The molecule has 0 aromatic carbocycles. The van der Waals surface area contributed by atoms with Crippen LogP contribution < -0.4 is 11.1 Å².